The van der Waals surface area contributed by atoms with Gasteiger partial charge in [-0.15, -0.1) is 11.3 Å². The number of fused-ring (bicyclic) bond motifs is 1. The van der Waals surface area contributed by atoms with Crippen molar-refractivity contribution in [2.45, 2.75) is 37.5 Å². The number of nitrogens with zero attached hydrogens (tertiary/aromatic N) is 1. The van der Waals surface area contributed by atoms with Gasteiger partial charge >= 0.3 is 12.4 Å². The fraction of sp³-hybridized carbons (Fsp3) is 0.333. The van der Waals surface area contributed by atoms with Crippen LogP contribution in [-0.2, 0) is 12.4 Å². The van der Waals surface area contributed by atoms with Crippen LogP contribution in [0.3, 0.4) is 0 Å². The first-order chi connectivity index (χ1) is 22.7. The molecule has 1 unspecified atom stereocenters. The van der Waals surface area contributed by atoms with Crippen molar-refractivity contribution in [1.82, 2.24) is 4.90 Å². The number of thiophene rings is 1. The predicted octanol–water partition coefficient (Wildman–Crippen LogP) is 8.15. The Morgan fingerprint density at radius 2 is 1.71 bits per heavy atom. The van der Waals surface area contributed by atoms with E-state index in [1.807, 2.05) is 6.07 Å². The molecule has 0 spiro atoms. The van der Waals surface area contributed by atoms with Crippen LogP contribution in [0.4, 0.5) is 42.1 Å². The summed E-state index contributed by atoms with van der Waals surface area (Å²) in [6.07, 6.45) is -7.30. The molecule has 1 aromatic heterocycles. The molecular formula is C33H30F7N3O4S. The first-order valence-electron chi connectivity index (χ1n) is 14.8. The van der Waals surface area contributed by atoms with Gasteiger partial charge in [0.1, 0.15) is 16.4 Å². The lowest BCUT2D eigenvalue weighted by Gasteiger charge is -2.19. The number of ether oxygens (including phenoxy) is 1. The van der Waals surface area contributed by atoms with E-state index < -0.39 is 46.8 Å². The third-order valence-electron chi connectivity index (χ3n) is 8.17. The molecule has 4 aromatic rings. The molecule has 0 saturated carbocycles. The summed E-state index contributed by atoms with van der Waals surface area (Å²) >= 11 is 0.597. The zero-order valence-electron chi connectivity index (χ0n) is 25.4. The van der Waals surface area contributed by atoms with Crippen molar-refractivity contribution in [3.63, 3.8) is 0 Å². The minimum absolute atomic E-state index is 0.0213. The Morgan fingerprint density at radius 3 is 2.40 bits per heavy atom. The van der Waals surface area contributed by atoms with Crippen LogP contribution in [0.15, 0.2) is 54.6 Å². The van der Waals surface area contributed by atoms with Crippen molar-refractivity contribution < 1.29 is 50.2 Å². The maximum absolute atomic E-state index is 13.9. The van der Waals surface area contributed by atoms with Crippen LogP contribution in [-0.4, -0.2) is 55.2 Å². The van der Waals surface area contributed by atoms with E-state index in [0.29, 0.717) is 30.0 Å². The predicted molar refractivity (Wildman–Crippen MR) is 167 cm³/mol. The highest BCUT2D eigenvalue weighted by Crippen LogP contribution is 2.41. The number of methoxy groups -OCH3 is 1. The highest BCUT2D eigenvalue weighted by atomic mass is 32.1. The number of carbonyl (C=O) groups is 2. The SMILES string of the molecule is COc1ccc(C2CCCN(CCO)CC2)cc1C(=O)Nc1c(C(=O)Nc2ccc(F)c(C(F)(F)F)c2)sc2cc(C(F)(F)F)ccc12. The average Bonchev–Trinajstić information content (AvgIpc) is 3.22. The third-order valence-corrected chi connectivity index (χ3v) is 9.32. The summed E-state index contributed by atoms with van der Waals surface area (Å²) in [7, 11) is 1.36. The number of β-amino-alcohol motifs (C(OH)–C–C–N with tert-alkyl or cyclic N) is 1. The highest BCUT2D eigenvalue weighted by molar-refractivity contribution is 7.21. The maximum Gasteiger partial charge on any atom is 0.419 e. The van der Waals surface area contributed by atoms with Crippen molar-refractivity contribution in [3.05, 3.63) is 87.5 Å². The number of halogens is 7. The topological polar surface area (TPSA) is 90.9 Å². The van der Waals surface area contributed by atoms with E-state index in [0.717, 1.165) is 62.2 Å². The number of hydrogen-bond acceptors (Lipinski definition) is 6. The van der Waals surface area contributed by atoms with E-state index in [9.17, 15) is 45.4 Å². The number of anilines is 2. The quantitative estimate of drug-likeness (QED) is 0.162. The van der Waals surface area contributed by atoms with Crippen LogP contribution in [0.5, 0.6) is 5.75 Å². The van der Waals surface area contributed by atoms with Crippen LogP contribution in [0.2, 0.25) is 0 Å². The molecule has 1 saturated heterocycles. The molecule has 1 aliphatic rings. The average molecular weight is 698 g/mol. The molecule has 256 valence electrons. The van der Waals surface area contributed by atoms with Crippen molar-refractivity contribution >= 4 is 44.6 Å². The van der Waals surface area contributed by atoms with Gasteiger partial charge in [-0.2, -0.15) is 26.3 Å². The zero-order chi connectivity index (χ0) is 34.8. The standard InChI is InChI=1S/C33H30F7N3O4S/c1-47-26-9-4-19(18-3-2-11-43(12-10-18)13-14-44)15-23(26)30(45)42-28-22-7-5-20(32(35,36)37)16-27(22)48-29(28)31(46)41-21-6-8-25(34)24(17-21)33(38,39)40/h4-9,15-18,44H,2-3,10-14H2,1H3,(H,41,46)(H,42,45). The van der Waals surface area contributed by atoms with Gasteiger partial charge in [0, 0.05) is 22.3 Å². The Labute approximate surface area is 274 Å². The number of carbonyl (C=O) groups excluding carboxylic acids is 2. The Bertz CT molecular complexity index is 1820. The lowest BCUT2D eigenvalue weighted by Crippen LogP contribution is -2.27. The molecule has 15 heteroatoms. The van der Waals surface area contributed by atoms with Gasteiger partial charge in [0.15, 0.2) is 0 Å². The molecule has 0 bridgehead atoms. The molecule has 1 aliphatic heterocycles. The van der Waals surface area contributed by atoms with Crippen molar-refractivity contribution in [3.8, 4) is 5.75 Å². The fourth-order valence-corrected chi connectivity index (χ4v) is 6.85. The minimum atomic E-state index is -5.06. The van der Waals surface area contributed by atoms with Crippen molar-refractivity contribution in [2.75, 3.05) is 44.0 Å². The number of aliphatic hydroxyl groups excluding tert-OH is 1. The number of amides is 2. The maximum atomic E-state index is 13.9. The zero-order valence-corrected chi connectivity index (χ0v) is 26.2. The lowest BCUT2D eigenvalue weighted by atomic mass is 9.90. The number of likely N-dealkylation sites (tertiary alicyclic amines) is 1. The van der Waals surface area contributed by atoms with Gasteiger partial charge in [-0.25, -0.2) is 4.39 Å². The molecule has 3 aromatic carbocycles. The first-order valence-corrected chi connectivity index (χ1v) is 15.7. The third kappa shape index (κ3) is 7.74. The molecule has 1 atom stereocenters. The smallest absolute Gasteiger partial charge is 0.419 e. The Morgan fingerprint density at radius 1 is 0.938 bits per heavy atom. The monoisotopic (exact) mass is 697 g/mol. The van der Waals surface area contributed by atoms with E-state index in [1.165, 1.54) is 7.11 Å². The van der Waals surface area contributed by atoms with Gasteiger partial charge in [-0.05, 0) is 86.3 Å². The summed E-state index contributed by atoms with van der Waals surface area (Å²) in [5.41, 5.74) is -2.27. The van der Waals surface area contributed by atoms with Crippen LogP contribution >= 0.6 is 11.3 Å². The second-order valence-electron chi connectivity index (χ2n) is 11.3. The van der Waals surface area contributed by atoms with Crippen LogP contribution in [0.1, 0.15) is 61.9 Å². The number of benzene rings is 3. The fourth-order valence-electron chi connectivity index (χ4n) is 5.76. The molecule has 48 heavy (non-hydrogen) atoms. The molecule has 2 amide bonds. The number of aliphatic hydroxyl groups is 1. The molecule has 7 nitrogen and oxygen atoms in total. The summed E-state index contributed by atoms with van der Waals surface area (Å²) in [6.45, 7) is 2.17. The molecule has 3 N–H and O–H groups in total. The Hall–Kier alpha value is -4.21. The number of alkyl halides is 6. The van der Waals surface area contributed by atoms with E-state index in [-0.39, 0.29) is 44.5 Å². The first kappa shape index (κ1) is 35.1. The summed E-state index contributed by atoms with van der Waals surface area (Å²) in [6, 6.07) is 9.65. The Balaban J connectivity index is 1.51. The van der Waals surface area contributed by atoms with Gasteiger partial charge in [0.05, 0.1) is 36.1 Å². The largest absolute Gasteiger partial charge is 0.496 e. The molecule has 2 heterocycles. The van der Waals surface area contributed by atoms with Gasteiger partial charge < -0.3 is 25.4 Å². The molecule has 0 radical (unpaired) electrons. The lowest BCUT2D eigenvalue weighted by molar-refractivity contribution is -0.140. The van der Waals surface area contributed by atoms with E-state index in [1.54, 1.807) is 12.1 Å². The number of nitrogens with one attached hydrogen (secondary N) is 2. The van der Waals surface area contributed by atoms with E-state index in [2.05, 4.69) is 15.5 Å². The van der Waals surface area contributed by atoms with Crippen LogP contribution < -0.4 is 15.4 Å². The summed E-state index contributed by atoms with van der Waals surface area (Å²) < 4.78 is 99.8. The van der Waals surface area contributed by atoms with Gasteiger partial charge in [0.25, 0.3) is 11.8 Å². The minimum Gasteiger partial charge on any atom is -0.496 e. The van der Waals surface area contributed by atoms with Crippen molar-refractivity contribution in [1.29, 1.82) is 0 Å². The second-order valence-corrected chi connectivity index (χ2v) is 12.3. The van der Waals surface area contributed by atoms with Gasteiger partial charge in [-0.1, -0.05) is 12.1 Å². The highest BCUT2D eigenvalue weighted by Gasteiger charge is 2.35. The van der Waals surface area contributed by atoms with Gasteiger partial charge in [-0.3, -0.25) is 9.59 Å². The number of rotatable bonds is 8. The summed E-state index contributed by atoms with van der Waals surface area (Å²) in [5, 5.41) is 14.3. The van der Waals surface area contributed by atoms with Gasteiger partial charge in [0.2, 0.25) is 0 Å². The van der Waals surface area contributed by atoms with E-state index in [4.69, 9.17) is 4.74 Å². The van der Waals surface area contributed by atoms with Crippen LogP contribution in [0, 0.1) is 5.82 Å². The Kier molecular flexibility index (Phi) is 10.3. The normalized spacial score (nSPS) is 16.1. The molecule has 0 aliphatic carbocycles. The summed E-state index contributed by atoms with van der Waals surface area (Å²) in [4.78, 5) is 29.1. The molecule has 1 fully saturated rings. The molecular weight excluding hydrogens is 667 g/mol. The number of hydrogen-bond donors (Lipinski definition) is 3. The van der Waals surface area contributed by atoms with Crippen LogP contribution in [0.25, 0.3) is 10.1 Å². The van der Waals surface area contributed by atoms with Crippen molar-refractivity contribution in [2.24, 2.45) is 0 Å². The second kappa shape index (κ2) is 14.1. The van der Waals surface area contributed by atoms with E-state index >= 15 is 0 Å². The summed E-state index contributed by atoms with van der Waals surface area (Å²) in [5.74, 6) is -3.04. The molecule has 5 rings (SSSR count).